The van der Waals surface area contributed by atoms with Crippen LogP contribution in [0.2, 0.25) is 0 Å². The topological polar surface area (TPSA) is 72.9 Å². The van der Waals surface area contributed by atoms with Gasteiger partial charge in [-0.15, -0.1) is 0 Å². The van der Waals surface area contributed by atoms with Crippen LogP contribution in [0, 0.1) is 0 Å². The Morgan fingerprint density at radius 1 is 1.59 bits per heavy atom. The lowest BCUT2D eigenvalue weighted by atomic mass is 10.2. The number of rotatable bonds is 6. The molecule has 3 N–H and O–H groups in total. The van der Waals surface area contributed by atoms with E-state index in [9.17, 15) is 4.79 Å². The summed E-state index contributed by atoms with van der Waals surface area (Å²) in [7, 11) is 0. The van der Waals surface area contributed by atoms with Crippen LogP contribution in [0.4, 0.5) is 0 Å². The van der Waals surface area contributed by atoms with Gasteiger partial charge in [-0.25, -0.2) is 4.98 Å². The van der Waals surface area contributed by atoms with Crippen molar-refractivity contribution in [3.8, 4) is 0 Å². The van der Waals surface area contributed by atoms with Crippen molar-refractivity contribution in [1.29, 1.82) is 0 Å². The number of hydrogen-bond acceptors (Lipinski definition) is 3. The number of aromatic nitrogens is 2. The fraction of sp³-hybridized carbons (Fsp3) is 0.545. The lowest BCUT2D eigenvalue weighted by Gasteiger charge is -2.15. The van der Waals surface area contributed by atoms with Gasteiger partial charge in [-0.1, -0.05) is 26.1 Å². The third-order valence-corrected chi connectivity index (χ3v) is 2.78. The average molecular weight is 254 g/mol. The number of amides is 1. The highest BCUT2D eigenvalue weighted by Crippen LogP contribution is 2.00. The molecule has 0 atom stereocenters. The molecule has 0 fully saturated rings. The van der Waals surface area contributed by atoms with E-state index in [-0.39, 0.29) is 23.5 Å². The van der Waals surface area contributed by atoms with Gasteiger partial charge in [0.2, 0.25) is 5.91 Å². The van der Waals surface area contributed by atoms with E-state index >= 15 is 0 Å². The number of hydrogen-bond donors (Lipinski definition) is 2. The molecule has 0 saturated heterocycles. The fourth-order valence-corrected chi connectivity index (χ4v) is 1.75. The van der Waals surface area contributed by atoms with E-state index in [1.54, 1.807) is 17.0 Å². The summed E-state index contributed by atoms with van der Waals surface area (Å²) >= 11 is 4.85. The molecule has 1 rings (SSSR count). The molecule has 0 radical (unpaired) electrons. The molecule has 0 aliphatic carbocycles. The monoisotopic (exact) mass is 254 g/mol. The maximum absolute atomic E-state index is 11.8. The van der Waals surface area contributed by atoms with Gasteiger partial charge in [0.25, 0.3) is 0 Å². The molecule has 0 aliphatic rings. The van der Waals surface area contributed by atoms with Crippen molar-refractivity contribution < 1.29 is 4.79 Å². The maximum Gasteiger partial charge on any atom is 0.240 e. The summed E-state index contributed by atoms with van der Waals surface area (Å²) in [6.45, 7) is 4.29. The van der Waals surface area contributed by atoms with Crippen LogP contribution < -0.4 is 11.1 Å². The molecule has 1 aromatic rings. The Morgan fingerprint density at radius 2 is 2.24 bits per heavy atom. The Bertz CT molecular complexity index is 398. The first-order valence-electron chi connectivity index (χ1n) is 5.68. The summed E-state index contributed by atoms with van der Waals surface area (Å²) in [4.78, 5) is 16.0. The molecular weight excluding hydrogens is 236 g/mol. The van der Waals surface area contributed by atoms with Gasteiger partial charge >= 0.3 is 0 Å². The molecule has 1 heterocycles. The Morgan fingerprint density at radius 3 is 2.76 bits per heavy atom. The van der Waals surface area contributed by atoms with E-state index in [1.807, 2.05) is 13.8 Å². The normalized spacial score (nSPS) is 10.5. The minimum Gasteiger partial charge on any atom is -0.387 e. The molecule has 5 nitrogen and oxygen atoms in total. The molecular formula is C11H18N4OS. The SMILES string of the molecule is CCC(CC)NC(=O)Cn1ccnc1C(N)=S. The average Bonchev–Trinajstić information content (AvgIpc) is 2.74. The summed E-state index contributed by atoms with van der Waals surface area (Å²) in [5.74, 6) is 0.425. The van der Waals surface area contributed by atoms with Crippen molar-refractivity contribution in [3.63, 3.8) is 0 Å². The molecule has 0 unspecified atom stereocenters. The highest BCUT2D eigenvalue weighted by Gasteiger charge is 2.12. The second-order valence-corrected chi connectivity index (χ2v) is 4.26. The summed E-state index contributed by atoms with van der Waals surface area (Å²) in [6, 6.07) is 0.222. The molecule has 0 saturated carbocycles. The van der Waals surface area contributed by atoms with Crippen molar-refractivity contribution in [2.45, 2.75) is 39.3 Å². The molecule has 0 bridgehead atoms. The van der Waals surface area contributed by atoms with Crippen LogP contribution in [-0.4, -0.2) is 26.5 Å². The highest BCUT2D eigenvalue weighted by atomic mass is 32.1. The third kappa shape index (κ3) is 3.81. The van der Waals surface area contributed by atoms with E-state index in [0.29, 0.717) is 5.82 Å². The van der Waals surface area contributed by atoms with Gasteiger partial charge < -0.3 is 15.6 Å². The first-order chi connectivity index (χ1) is 8.08. The number of thiocarbonyl (C=S) groups is 1. The predicted octanol–water partition coefficient (Wildman–Crippen LogP) is 0.822. The van der Waals surface area contributed by atoms with Crippen LogP contribution in [0.25, 0.3) is 0 Å². The minimum absolute atomic E-state index is 0.0470. The first kappa shape index (κ1) is 13.6. The van der Waals surface area contributed by atoms with Crippen molar-refractivity contribution in [2.24, 2.45) is 5.73 Å². The van der Waals surface area contributed by atoms with Crippen molar-refractivity contribution in [1.82, 2.24) is 14.9 Å². The van der Waals surface area contributed by atoms with Gasteiger partial charge in [-0.2, -0.15) is 0 Å². The number of nitrogens with two attached hydrogens (primary N) is 1. The van der Waals surface area contributed by atoms with E-state index in [2.05, 4.69) is 10.3 Å². The lowest BCUT2D eigenvalue weighted by molar-refractivity contribution is -0.122. The molecule has 0 spiro atoms. The summed E-state index contributed by atoms with van der Waals surface area (Å²) in [5.41, 5.74) is 5.50. The number of nitrogens with one attached hydrogen (secondary N) is 1. The second-order valence-electron chi connectivity index (χ2n) is 3.82. The largest absolute Gasteiger partial charge is 0.387 e. The number of imidazole rings is 1. The van der Waals surface area contributed by atoms with Crippen LogP contribution in [-0.2, 0) is 11.3 Å². The first-order valence-corrected chi connectivity index (χ1v) is 6.09. The van der Waals surface area contributed by atoms with Gasteiger partial charge in [0, 0.05) is 18.4 Å². The number of carbonyl (C=O) groups excluding carboxylic acids is 1. The molecule has 1 amide bonds. The molecule has 1 aromatic heterocycles. The minimum atomic E-state index is -0.0470. The Hall–Kier alpha value is -1.43. The number of carbonyl (C=O) groups is 1. The molecule has 0 aliphatic heterocycles. The van der Waals surface area contributed by atoms with Gasteiger partial charge in [-0.05, 0) is 12.8 Å². The summed E-state index contributed by atoms with van der Waals surface area (Å²) in [6.07, 6.45) is 5.13. The zero-order valence-corrected chi connectivity index (χ0v) is 11.0. The maximum atomic E-state index is 11.8. The van der Waals surface area contributed by atoms with Crippen LogP contribution >= 0.6 is 12.2 Å². The van der Waals surface area contributed by atoms with Gasteiger partial charge in [-0.3, -0.25) is 4.79 Å². The van der Waals surface area contributed by atoms with E-state index in [4.69, 9.17) is 18.0 Å². The zero-order valence-electron chi connectivity index (χ0n) is 10.1. The van der Waals surface area contributed by atoms with E-state index < -0.39 is 0 Å². The smallest absolute Gasteiger partial charge is 0.240 e. The molecule has 0 aromatic carbocycles. The van der Waals surface area contributed by atoms with Crippen molar-refractivity contribution in [2.75, 3.05) is 0 Å². The van der Waals surface area contributed by atoms with Crippen LogP contribution in [0.5, 0.6) is 0 Å². The van der Waals surface area contributed by atoms with E-state index in [1.165, 1.54) is 0 Å². The molecule has 17 heavy (non-hydrogen) atoms. The number of nitrogens with zero attached hydrogens (tertiary/aromatic N) is 2. The summed E-state index contributed by atoms with van der Waals surface area (Å²) in [5, 5.41) is 2.95. The molecule has 6 heteroatoms. The Labute approximate surface area is 106 Å². The van der Waals surface area contributed by atoms with Crippen LogP contribution in [0.1, 0.15) is 32.5 Å². The quantitative estimate of drug-likeness (QED) is 0.737. The van der Waals surface area contributed by atoms with Crippen molar-refractivity contribution in [3.05, 3.63) is 18.2 Å². The standard InChI is InChI=1S/C11H18N4OS/c1-3-8(4-2)14-9(16)7-15-6-5-13-11(15)10(12)17/h5-6,8H,3-4,7H2,1-2H3,(H2,12,17)(H,14,16). The van der Waals surface area contributed by atoms with Gasteiger partial charge in [0.1, 0.15) is 11.5 Å². The van der Waals surface area contributed by atoms with Crippen LogP contribution in [0.3, 0.4) is 0 Å². The van der Waals surface area contributed by atoms with Gasteiger partial charge in [0.15, 0.2) is 5.82 Å². The fourth-order valence-electron chi connectivity index (χ4n) is 1.58. The Kier molecular flexibility index (Phi) is 5.09. The highest BCUT2D eigenvalue weighted by molar-refractivity contribution is 7.80. The van der Waals surface area contributed by atoms with Gasteiger partial charge in [0.05, 0.1) is 0 Å². The van der Waals surface area contributed by atoms with Crippen molar-refractivity contribution >= 4 is 23.1 Å². The van der Waals surface area contributed by atoms with E-state index in [0.717, 1.165) is 12.8 Å². The third-order valence-electron chi connectivity index (χ3n) is 2.60. The lowest BCUT2D eigenvalue weighted by Crippen LogP contribution is -2.36. The zero-order chi connectivity index (χ0) is 12.8. The second kappa shape index (κ2) is 6.34. The predicted molar refractivity (Wildman–Crippen MR) is 70.6 cm³/mol. The molecule has 94 valence electrons. The summed E-state index contributed by atoms with van der Waals surface area (Å²) < 4.78 is 1.65. The van der Waals surface area contributed by atoms with Crippen LogP contribution in [0.15, 0.2) is 12.4 Å². The Balaban J connectivity index is 2.62.